The molecule has 0 fully saturated rings. The molecule has 7 heteroatoms. The minimum Gasteiger partial charge on any atom is -0.455 e. The predicted octanol–water partition coefficient (Wildman–Crippen LogP) is 2.97. The first-order chi connectivity index (χ1) is 9.04. The van der Waals surface area contributed by atoms with Gasteiger partial charge in [-0.3, -0.25) is 4.68 Å². The maximum Gasteiger partial charge on any atom is 0.350 e. The number of aryl methyl sites for hydroxylation is 2. The summed E-state index contributed by atoms with van der Waals surface area (Å²) in [6, 6.07) is 1.69. The number of thiophene rings is 1. The van der Waals surface area contributed by atoms with E-state index >= 15 is 0 Å². The average Bonchev–Trinajstić information content (AvgIpc) is 2.92. The van der Waals surface area contributed by atoms with Gasteiger partial charge in [-0.2, -0.15) is 5.10 Å². The molecule has 2 rings (SSSR count). The minimum atomic E-state index is -0.402. The maximum absolute atomic E-state index is 11.9. The van der Waals surface area contributed by atoms with Crippen molar-refractivity contribution in [2.45, 2.75) is 27.0 Å². The molecule has 0 aliphatic heterocycles. The van der Waals surface area contributed by atoms with Crippen LogP contribution in [-0.4, -0.2) is 15.7 Å². The zero-order valence-corrected chi connectivity index (χ0v) is 13.0. The second kappa shape index (κ2) is 5.75. The van der Waals surface area contributed by atoms with Crippen molar-refractivity contribution in [3.63, 3.8) is 0 Å². The van der Waals surface area contributed by atoms with E-state index in [2.05, 4.69) is 21.0 Å². The molecule has 0 saturated heterocycles. The van der Waals surface area contributed by atoms with Crippen LogP contribution in [0.15, 0.2) is 15.9 Å². The highest BCUT2D eigenvalue weighted by Crippen LogP contribution is 2.24. The number of carbonyl (C=O) groups is 1. The second-order valence-electron chi connectivity index (χ2n) is 3.94. The largest absolute Gasteiger partial charge is 0.455 e. The van der Waals surface area contributed by atoms with E-state index in [-0.39, 0.29) is 6.61 Å². The standard InChI is InChI=1S/C12H14BrN3O2S/c1-3-16-9(10(13)7(2)15-16)6-18-12(17)11-8(14)4-5-19-11/h4-5H,3,6,14H2,1-2H3. The normalized spacial score (nSPS) is 10.7. The summed E-state index contributed by atoms with van der Waals surface area (Å²) in [6.07, 6.45) is 0. The van der Waals surface area contributed by atoms with Crippen molar-refractivity contribution in [2.75, 3.05) is 5.73 Å². The molecule has 0 unspecified atom stereocenters. The molecule has 19 heavy (non-hydrogen) atoms. The van der Waals surface area contributed by atoms with E-state index in [9.17, 15) is 4.79 Å². The number of rotatable bonds is 4. The topological polar surface area (TPSA) is 70.1 Å². The van der Waals surface area contributed by atoms with E-state index in [1.807, 2.05) is 18.5 Å². The fourth-order valence-corrected chi connectivity index (χ4v) is 2.80. The third kappa shape index (κ3) is 2.82. The van der Waals surface area contributed by atoms with Crippen molar-refractivity contribution in [1.82, 2.24) is 9.78 Å². The summed E-state index contributed by atoms with van der Waals surface area (Å²) >= 11 is 4.74. The first-order valence-corrected chi connectivity index (χ1v) is 7.43. The lowest BCUT2D eigenvalue weighted by Gasteiger charge is -2.07. The number of nitrogens with zero attached hydrogens (tertiary/aromatic N) is 2. The van der Waals surface area contributed by atoms with Gasteiger partial charge < -0.3 is 10.5 Å². The molecule has 0 aromatic carbocycles. The van der Waals surface area contributed by atoms with Crippen molar-refractivity contribution in [3.8, 4) is 0 Å². The Morgan fingerprint density at radius 1 is 1.63 bits per heavy atom. The van der Waals surface area contributed by atoms with Crippen LogP contribution in [0.5, 0.6) is 0 Å². The fraction of sp³-hybridized carbons (Fsp3) is 0.333. The number of nitrogen functional groups attached to an aromatic ring is 1. The Morgan fingerprint density at radius 2 is 2.37 bits per heavy atom. The molecule has 0 saturated carbocycles. The number of hydrogen-bond acceptors (Lipinski definition) is 5. The number of ether oxygens (including phenoxy) is 1. The SMILES string of the molecule is CCn1nc(C)c(Br)c1COC(=O)c1sccc1N. The highest BCUT2D eigenvalue weighted by atomic mass is 79.9. The number of esters is 1. The molecule has 2 aromatic rings. The quantitative estimate of drug-likeness (QED) is 0.866. The van der Waals surface area contributed by atoms with Crippen LogP contribution in [0.3, 0.4) is 0 Å². The molecule has 2 aromatic heterocycles. The lowest BCUT2D eigenvalue weighted by molar-refractivity contribution is 0.0468. The number of aromatic nitrogens is 2. The fourth-order valence-electron chi connectivity index (χ4n) is 1.69. The first kappa shape index (κ1) is 14.1. The van der Waals surface area contributed by atoms with Crippen LogP contribution < -0.4 is 5.73 Å². The van der Waals surface area contributed by atoms with E-state index in [4.69, 9.17) is 10.5 Å². The van der Waals surface area contributed by atoms with Gasteiger partial charge in [-0.15, -0.1) is 11.3 Å². The molecule has 0 spiro atoms. The summed E-state index contributed by atoms with van der Waals surface area (Å²) < 4.78 is 7.98. The Kier molecular flexibility index (Phi) is 4.26. The van der Waals surface area contributed by atoms with Crippen LogP contribution in [0.2, 0.25) is 0 Å². The van der Waals surface area contributed by atoms with Crippen molar-refractivity contribution in [1.29, 1.82) is 0 Å². The molecule has 102 valence electrons. The van der Waals surface area contributed by atoms with Crippen LogP contribution in [0.25, 0.3) is 0 Å². The zero-order valence-electron chi connectivity index (χ0n) is 10.6. The summed E-state index contributed by atoms with van der Waals surface area (Å²) in [5, 5.41) is 6.11. The molecular formula is C12H14BrN3O2S. The summed E-state index contributed by atoms with van der Waals surface area (Å²) in [5.41, 5.74) is 7.87. The van der Waals surface area contributed by atoms with Gasteiger partial charge in [0.15, 0.2) is 0 Å². The third-order valence-corrected chi connectivity index (χ3v) is 4.62. The molecule has 0 aliphatic rings. The smallest absolute Gasteiger partial charge is 0.350 e. The Labute approximate surface area is 123 Å². The van der Waals surface area contributed by atoms with Gasteiger partial charge in [-0.25, -0.2) is 4.79 Å². The molecule has 0 amide bonds. The maximum atomic E-state index is 11.9. The molecular weight excluding hydrogens is 330 g/mol. The van der Waals surface area contributed by atoms with Gasteiger partial charge in [0.25, 0.3) is 0 Å². The Morgan fingerprint density at radius 3 is 2.95 bits per heavy atom. The number of halogens is 1. The monoisotopic (exact) mass is 343 g/mol. The van der Waals surface area contributed by atoms with E-state index in [1.54, 1.807) is 11.4 Å². The van der Waals surface area contributed by atoms with Crippen LogP contribution in [0.4, 0.5) is 5.69 Å². The van der Waals surface area contributed by atoms with Gasteiger partial charge in [0.1, 0.15) is 11.5 Å². The van der Waals surface area contributed by atoms with Crippen molar-refractivity contribution < 1.29 is 9.53 Å². The first-order valence-electron chi connectivity index (χ1n) is 5.76. The van der Waals surface area contributed by atoms with Crippen LogP contribution >= 0.6 is 27.3 Å². The van der Waals surface area contributed by atoms with Gasteiger partial charge >= 0.3 is 5.97 Å². The van der Waals surface area contributed by atoms with Gasteiger partial charge in [-0.05, 0) is 41.2 Å². The average molecular weight is 344 g/mol. The van der Waals surface area contributed by atoms with E-state index < -0.39 is 5.97 Å². The summed E-state index contributed by atoms with van der Waals surface area (Å²) in [4.78, 5) is 12.3. The van der Waals surface area contributed by atoms with Crippen molar-refractivity contribution in [3.05, 3.63) is 32.2 Å². The van der Waals surface area contributed by atoms with Gasteiger partial charge in [0.05, 0.1) is 21.5 Å². The van der Waals surface area contributed by atoms with Crippen molar-refractivity contribution >= 4 is 38.9 Å². The number of hydrogen-bond donors (Lipinski definition) is 1. The summed E-state index contributed by atoms with van der Waals surface area (Å²) in [7, 11) is 0. The molecule has 0 bridgehead atoms. The highest BCUT2D eigenvalue weighted by molar-refractivity contribution is 9.10. The molecule has 0 radical (unpaired) electrons. The zero-order chi connectivity index (χ0) is 14.0. The lowest BCUT2D eigenvalue weighted by atomic mass is 10.3. The second-order valence-corrected chi connectivity index (χ2v) is 5.65. The molecule has 5 nitrogen and oxygen atoms in total. The molecule has 2 N–H and O–H groups in total. The minimum absolute atomic E-state index is 0.172. The van der Waals surface area contributed by atoms with Crippen LogP contribution in [-0.2, 0) is 17.9 Å². The Bertz CT molecular complexity index is 606. The third-order valence-electron chi connectivity index (χ3n) is 2.67. The van der Waals surface area contributed by atoms with Crippen LogP contribution in [0.1, 0.15) is 28.0 Å². The van der Waals surface area contributed by atoms with Crippen LogP contribution in [0, 0.1) is 6.92 Å². The van der Waals surface area contributed by atoms with Gasteiger partial charge in [-0.1, -0.05) is 0 Å². The van der Waals surface area contributed by atoms with Gasteiger partial charge in [0.2, 0.25) is 0 Å². The predicted molar refractivity (Wildman–Crippen MR) is 78.2 cm³/mol. The summed E-state index contributed by atoms with van der Waals surface area (Å²) in [6.45, 7) is 4.78. The van der Waals surface area contributed by atoms with E-state index in [0.29, 0.717) is 10.6 Å². The Balaban J connectivity index is 2.11. The van der Waals surface area contributed by atoms with E-state index in [0.717, 1.165) is 22.4 Å². The number of anilines is 1. The Hall–Kier alpha value is -1.34. The summed E-state index contributed by atoms with van der Waals surface area (Å²) in [5.74, 6) is -0.402. The van der Waals surface area contributed by atoms with E-state index in [1.165, 1.54) is 11.3 Å². The van der Waals surface area contributed by atoms with Crippen molar-refractivity contribution in [2.24, 2.45) is 0 Å². The highest BCUT2D eigenvalue weighted by Gasteiger charge is 2.17. The number of carbonyl (C=O) groups excluding carboxylic acids is 1. The number of nitrogens with two attached hydrogens (primary N) is 1. The lowest BCUT2D eigenvalue weighted by Crippen LogP contribution is -2.10. The molecule has 2 heterocycles. The van der Waals surface area contributed by atoms with Gasteiger partial charge in [0, 0.05) is 6.54 Å². The molecule has 0 atom stereocenters. The molecule has 0 aliphatic carbocycles.